The molecule has 13 heavy (non-hydrogen) atoms. The maximum Gasteiger partial charge on any atom is 0.306 e. The third kappa shape index (κ3) is 1.83. The van der Waals surface area contributed by atoms with Crippen LogP contribution in [0.15, 0.2) is 18.3 Å². The topological polar surface area (TPSA) is 65.1 Å². The number of H-pyrrole nitrogens is 1. The van der Waals surface area contributed by atoms with E-state index in [9.17, 15) is 4.79 Å². The summed E-state index contributed by atoms with van der Waals surface area (Å²) in [4.78, 5) is 13.5. The molecule has 0 spiro atoms. The number of aliphatic carboxylic acids is 1. The van der Waals surface area contributed by atoms with Gasteiger partial charge in [-0.2, -0.15) is 0 Å². The third-order valence-corrected chi connectivity index (χ3v) is 2.39. The smallest absolute Gasteiger partial charge is 0.306 e. The lowest BCUT2D eigenvalue weighted by atomic mass is 10.3. The number of rotatable bonds is 4. The molecule has 1 aromatic heterocycles. The van der Waals surface area contributed by atoms with Gasteiger partial charge in [-0.1, -0.05) is 0 Å². The zero-order chi connectivity index (χ0) is 9.26. The second-order valence-electron chi connectivity index (χ2n) is 3.41. The Labute approximate surface area is 76.0 Å². The Kier molecular flexibility index (Phi) is 1.96. The minimum Gasteiger partial charge on any atom is -0.481 e. The number of hydrogen-bond donors (Lipinski definition) is 3. The van der Waals surface area contributed by atoms with Crippen molar-refractivity contribution < 1.29 is 9.90 Å². The molecular formula is C9H12N2O2. The number of carboxylic acid groups (broad SMARTS) is 1. The van der Waals surface area contributed by atoms with Crippen LogP contribution in [0.25, 0.3) is 0 Å². The van der Waals surface area contributed by atoms with E-state index < -0.39 is 5.97 Å². The first-order valence-corrected chi connectivity index (χ1v) is 4.37. The lowest BCUT2D eigenvalue weighted by Crippen LogP contribution is -2.08. The van der Waals surface area contributed by atoms with Crippen LogP contribution in [0, 0.1) is 11.8 Å². The molecule has 2 unspecified atom stereocenters. The summed E-state index contributed by atoms with van der Waals surface area (Å²) in [6.45, 7) is 0.748. The van der Waals surface area contributed by atoms with Crippen LogP contribution >= 0.6 is 0 Å². The summed E-state index contributed by atoms with van der Waals surface area (Å²) >= 11 is 0. The molecule has 0 amide bonds. The van der Waals surface area contributed by atoms with E-state index in [2.05, 4.69) is 10.3 Å². The summed E-state index contributed by atoms with van der Waals surface area (Å²) in [6, 6.07) is 3.84. The molecule has 70 valence electrons. The molecule has 0 aromatic carbocycles. The molecule has 0 bridgehead atoms. The Hall–Kier alpha value is -1.45. The van der Waals surface area contributed by atoms with E-state index in [4.69, 9.17) is 5.11 Å². The van der Waals surface area contributed by atoms with Crippen molar-refractivity contribution in [1.82, 2.24) is 4.98 Å². The molecule has 2 atom stereocenters. The molecule has 2 rings (SSSR count). The van der Waals surface area contributed by atoms with E-state index in [1.807, 2.05) is 18.3 Å². The molecule has 3 N–H and O–H groups in total. The van der Waals surface area contributed by atoms with Crippen molar-refractivity contribution in [2.75, 3.05) is 11.9 Å². The van der Waals surface area contributed by atoms with Crippen LogP contribution in [0.1, 0.15) is 6.42 Å². The first-order valence-electron chi connectivity index (χ1n) is 4.37. The first kappa shape index (κ1) is 8.16. The largest absolute Gasteiger partial charge is 0.481 e. The molecule has 1 aliphatic rings. The highest BCUT2D eigenvalue weighted by Crippen LogP contribution is 2.38. The highest BCUT2D eigenvalue weighted by molar-refractivity contribution is 5.73. The van der Waals surface area contributed by atoms with Crippen LogP contribution in [-0.2, 0) is 4.79 Å². The van der Waals surface area contributed by atoms with Crippen LogP contribution < -0.4 is 5.32 Å². The highest BCUT2D eigenvalue weighted by atomic mass is 16.4. The minimum atomic E-state index is -0.668. The predicted molar refractivity (Wildman–Crippen MR) is 48.5 cm³/mol. The van der Waals surface area contributed by atoms with Crippen LogP contribution in [0.2, 0.25) is 0 Å². The Morgan fingerprint density at radius 2 is 2.62 bits per heavy atom. The van der Waals surface area contributed by atoms with E-state index in [1.54, 1.807) is 0 Å². The second kappa shape index (κ2) is 3.12. The van der Waals surface area contributed by atoms with Crippen molar-refractivity contribution in [1.29, 1.82) is 0 Å². The number of anilines is 1. The van der Waals surface area contributed by atoms with Gasteiger partial charge in [0.05, 0.1) is 5.92 Å². The van der Waals surface area contributed by atoms with Gasteiger partial charge in [0.25, 0.3) is 0 Å². The fourth-order valence-electron chi connectivity index (χ4n) is 1.46. The van der Waals surface area contributed by atoms with Gasteiger partial charge >= 0.3 is 5.97 Å². The van der Waals surface area contributed by atoms with Crippen molar-refractivity contribution in [3.05, 3.63) is 18.3 Å². The lowest BCUT2D eigenvalue weighted by molar-refractivity contribution is -0.138. The SMILES string of the molecule is O=C(O)C1CC1CNc1ccc[nH]1. The predicted octanol–water partition coefficient (Wildman–Crippen LogP) is 1.15. The van der Waals surface area contributed by atoms with E-state index in [-0.39, 0.29) is 5.92 Å². The summed E-state index contributed by atoms with van der Waals surface area (Å²) in [7, 11) is 0. The standard InChI is InChI=1S/C9H12N2O2/c12-9(13)7-4-6(7)5-11-8-2-1-3-10-8/h1-3,6-7,10-11H,4-5H2,(H,12,13). The molecule has 0 radical (unpaired) electrons. The van der Waals surface area contributed by atoms with E-state index in [0.717, 1.165) is 18.8 Å². The first-order chi connectivity index (χ1) is 6.27. The lowest BCUT2D eigenvalue weighted by Gasteiger charge is -2.01. The molecule has 1 aliphatic carbocycles. The zero-order valence-corrected chi connectivity index (χ0v) is 7.16. The Bertz CT molecular complexity index is 295. The molecule has 1 fully saturated rings. The molecular weight excluding hydrogens is 168 g/mol. The quantitative estimate of drug-likeness (QED) is 0.651. The van der Waals surface area contributed by atoms with Gasteiger partial charge in [0.2, 0.25) is 0 Å². The van der Waals surface area contributed by atoms with Gasteiger partial charge in [0.1, 0.15) is 5.82 Å². The van der Waals surface area contributed by atoms with E-state index in [0.29, 0.717) is 5.92 Å². The minimum absolute atomic E-state index is 0.123. The average Bonchev–Trinajstić information content (AvgIpc) is 2.70. The van der Waals surface area contributed by atoms with Crippen molar-refractivity contribution in [2.24, 2.45) is 11.8 Å². The molecule has 0 saturated heterocycles. The van der Waals surface area contributed by atoms with Gasteiger partial charge in [-0.05, 0) is 24.5 Å². The fraction of sp³-hybridized carbons (Fsp3) is 0.444. The summed E-state index contributed by atoms with van der Waals surface area (Å²) < 4.78 is 0. The van der Waals surface area contributed by atoms with Crippen LogP contribution in [-0.4, -0.2) is 22.6 Å². The number of nitrogens with one attached hydrogen (secondary N) is 2. The van der Waals surface area contributed by atoms with Crippen LogP contribution in [0.4, 0.5) is 5.82 Å². The molecule has 1 saturated carbocycles. The van der Waals surface area contributed by atoms with Crippen LogP contribution in [0.5, 0.6) is 0 Å². The normalized spacial score (nSPS) is 25.5. The molecule has 1 aromatic rings. The van der Waals surface area contributed by atoms with Gasteiger partial charge in [-0.15, -0.1) is 0 Å². The van der Waals surface area contributed by atoms with Crippen molar-refractivity contribution in [2.45, 2.75) is 6.42 Å². The summed E-state index contributed by atoms with van der Waals surface area (Å²) in [5.41, 5.74) is 0. The van der Waals surface area contributed by atoms with Gasteiger partial charge in [0.15, 0.2) is 0 Å². The maximum absolute atomic E-state index is 10.5. The van der Waals surface area contributed by atoms with E-state index in [1.165, 1.54) is 0 Å². The molecule has 4 nitrogen and oxygen atoms in total. The summed E-state index contributed by atoms with van der Waals surface area (Å²) in [5, 5.41) is 11.8. The number of aromatic amines is 1. The van der Waals surface area contributed by atoms with Crippen molar-refractivity contribution in [3.63, 3.8) is 0 Å². The van der Waals surface area contributed by atoms with Gasteiger partial charge in [0, 0.05) is 12.7 Å². The molecule has 4 heteroatoms. The van der Waals surface area contributed by atoms with Gasteiger partial charge in [-0.25, -0.2) is 0 Å². The Morgan fingerprint density at radius 1 is 1.77 bits per heavy atom. The zero-order valence-electron chi connectivity index (χ0n) is 7.16. The van der Waals surface area contributed by atoms with Crippen molar-refractivity contribution in [3.8, 4) is 0 Å². The van der Waals surface area contributed by atoms with Crippen molar-refractivity contribution >= 4 is 11.8 Å². The second-order valence-corrected chi connectivity index (χ2v) is 3.41. The summed E-state index contributed by atoms with van der Waals surface area (Å²) in [5.74, 6) is 0.470. The number of carboxylic acids is 1. The molecule has 0 aliphatic heterocycles. The third-order valence-electron chi connectivity index (χ3n) is 2.39. The number of hydrogen-bond acceptors (Lipinski definition) is 2. The highest BCUT2D eigenvalue weighted by Gasteiger charge is 2.42. The number of carbonyl (C=O) groups is 1. The summed E-state index contributed by atoms with van der Waals surface area (Å²) in [6.07, 6.45) is 2.65. The Balaban J connectivity index is 1.74. The van der Waals surface area contributed by atoms with Gasteiger partial charge < -0.3 is 15.4 Å². The number of aromatic nitrogens is 1. The van der Waals surface area contributed by atoms with Crippen LogP contribution in [0.3, 0.4) is 0 Å². The monoisotopic (exact) mass is 180 g/mol. The Morgan fingerprint density at radius 3 is 3.15 bits per heavy atom. The molecule has 1 heterocycles. The average molecular weight is 180 g/mol. The fourth-order valence-corrected chi connectivity index (χ4v) is 1.46. The maximum atomic E-state index is 10.5. The van der Waals surface area contributed by atoms with Gasteiger partial charge in [-0.3, -0.25) is 4.79 Å². The van der Waals surface area contributed by atoms with E-state index >= 15 is 0 Å².